The molecule has 0 bridgehead atoms. The molecule has 0 unspecified atom stereocenters. The largest absolute Gasteiger partial charge is 0.309 e. The summed E-state index contributed by atoms with van der Waals surface area (Å²) in [5.41, 5.74) is 1.79. The molecule has 0 aliphatic rings. The molecule has 0 radical (unpaired) electrons. The molecule has 2 aromatic rings. The van der Waals surface area contributed by atoms with E-state index in [4.69, 9.17) is 0 Å². The summed E-state index contributed by atoms with van der Waals surface area (Å²) in [7, 11) is 0. The van der Waals surface area contributed by atoms with Crippen LogP contribution in [0.15, 0.2) is 28.1 Å². The Morgan fingerprint density at radius 2 is 2.22 bits per heavy atom. The van der Waals surface area contributed by atoms with Gasteiger partial charge in [-0.3, -0.25) is 0 Å². The highest BCUT2D eigenvalue weighted by Crippen LogP contribution is 2.31. The number of halogens is 2. The Balaban J connectivity index is 2.21. The number of thiazole rings is 1. The summed E-state index contributed by atoms with van der Waals surface area (Å²) in [6, 6.07) is 5.07. The van der Waals surface area contributed by atoms with Crippen LogP contribution in [-0.2, 0) is 6.54 Å². The zero-order valence-corrected chi connectivity index (χ0v) is 12.6. The van der Waals surface area contributed by atoms with E-state index in [2.05, 4.69) is 40.1 Å². The van der Waals surface area contributed by atoms with Crippen molar-refractivity contribution in [2.24, 2.45) is 0 Å². The maximum atomic E-state index is 13.2. The van der Waals surface area contributed by atoms with Crippen LogP contribution in [0.5, 0.6) is 0 Å². The lowest BCUT2D eigenvalue weighted by Gasteiger charge is -2.05. The molecule has 0 spiro atoms. The third kappa shape index (κ3) is 3.37. The van der Waals surface area contributed by atoms with Gasteiger partial charge in [0.05, 0.1) is 5.69 Å². The Labute approximate surface area is 118 Å². The fourth-order valence-electron chi connectivity index (χ4n) is 1.48. The summed E-state index contributed by atoms with van der Waals surface area (Å²) in [5, 5.41) is 6.15. The van der Waals surface area contributed by atoms with Crippen LogP contribution in [0.1, 0.15) is 19.5 Å². The average molecular weight is 329 g/mol. The molecular formula is C13H14BrFN2S. The minimum Gasteiger partial charge on any atom is -0.309 e. The van der Waals surface area contributed by atoms with Gasteiger partial charge in [-0.25, -0.2) is 9.37 Å². The van der Waals surface area contributed by atoms with E-state index in [0.717, 1.165) is 27.3 Å². The summed E-state index contributed by atoms with van der Waals surface area (Å²) in [4.78, 5) is 4.51. The number of aromatic nitrogens is 1. The molecule has 1 N–H and O–H groups in total. The summed E-state index contributed by atoms with van der Waals surface area (Å²) in [5.74, 6) is -0.245. The number of nitrogens with one attached hydrogen (secondary N) is 1. The Bertz CT molecular complexity index is 540. The second kappa shape index (κ2) is 5.91. The number of hydrogen-bond donors (Lipinski definition) is 1. The lowest BCUT2D eigenvalue weighted by molar-refractivity contribution is 0.583. The highest BCUT2D eigenvalue weighted by atomic mass is 79.9. The minimum atomic E-state index is -0.245. The lowest BCUT2D eigenvalue weighted by Crippen LogP contribution is -2.21. The summed E-state index contributed by atoms with van der Waals surface area (Å²) < 4.78 is 14.1. The first-order valence-corrected chi connectivity index (χ1v) is 7.36. The normalized spacial score (nSPS) is 11.2. The fourth-order valence-corrected chi connectivity index (χ4v) is 2.90. The predicted octanol–water partition coefficient (Wildman–Crippen LogP) is 4.21. The van der Waals surface area contributed by atoms with Crippen molar-refractivity contribution in [1.29, 1.82) is 0 Å². The monoisotopic (exact) mass is 328 g/mol. The van der Waals surface area contributed by atoms with Crippen molar-refractivity contribution in [3.8, 4) is 10.6 Å². The predicted molar refractivity (Wildman–Crippen MR) is 77.2 cm³/mol. The Kier molecular flexibility index (Phi) is 4.48. The molecule has 0 fully saturated rings. The topological polar surface area (TPSA) is 24.9 Å². The van der Waals surface area contributed by atoms with Crippen LogP contribution in [0.4, 0.5) is 4.39 Å². The lowest BCUT2D eigenvalue weighted by atomic mass is 10.2. The molecular weight excluding hydrogens is 315 g/mol. The van der Waals surface area contributed by atoms with Crippen molar-refractivity contribution in [3.63, 3.8) is 0 Å². The molecule has 96 valence electrons. The third-order valence-corrected chi connectivity index (χ3v) is 4.02. The molecule has 18 heavy (non-hydrogen) atoms. The van der Waals surface area contributed by atoms with E-state index < -0.39 is 0 Å². The van der Waals surface area contributed by atoms with Crippen LogP contribution in [0.25, 0.3) is 10.6 Å². The van der Waals surface area contributed by atoms with Crippen LogP contribution in [0.3, 0.4) is 0 Å². The third-order valence-electron chi connectivity index (χ3n) is 2.40. The van der Waals surface area contributed by atoms with Gasteiger partial charge in [0.1, 0.15) is 10.8 Å². The van der Waals surface area contributed by atoms with E-state index >= 15 is 0 Å². The molecule has 0 saturated heterocycles. The maximum Gasteiger partial charge on any atom is 0.124 e. The zero-order chi connectivity index (χ0) is 13.1. The van der Waals surface area contributed by atoms with E-state index in [0.29, 0.717) is 6.04 Å². The Morgan fingerprint density at radius 1 is 1.44 bits per heavy atom. The smallest absolute Gasteiger partial charge is 0.124 e. The summed E-state index contributed by atoms with van der Waals surface area (Å²) >= 11 is 4.95. The van der Waals surface area contributed by atoms with Crippen molar-refractivity contribution in [2.45, 2.75) is 26.4 Å². The molecule has 2 nitrogen and oxygen atoms in total. The van der Waals surface area contributed by atoms with Gasteiger partial charge in [0.15, 0.2) is 0 Å². The van der Waals surface area contributed by atoms with Gasteiger partial charge in [-0.05, 0) is 18.2 Å². The van der Waals surface area contributed by atoms with Gasteiger partial charge in [0.2, 0.25) is 0 Å². The maximum absolute atomic E-state index is 13.2. The highest BCUT2D eigenvalue weighted by Gasteiger charge is 2.09. The van der Waals surface area contributed by atoms with E-state index in [-0.39, 0.29) is 5.82 Å². The van der Waals surface area contributed by atoms with Gasteiger partial charge < -0.3 is 5.32 Å². The van der Waals surface area contributed by atoms with Crippen molar-refractivity contribution >= 4 is 27.3 Å². The fraction of sp³-hybridized carbons (Fsp3) is 0.308. The summed E-state index contributed by atoms with van der Waals surface area (Å²) in [6.07, 6.45) is 0. The molecule has 0 atom stereocenters. The van der Waals surface area contributed by atoms with Gasteiger partial charge in [0.25, 0.3) is 0 Å². The first-order valence-electron chi connectivity index (χ1n) is 5.69. The van der Waals surface area contributed by atoms with Gasteiger partial charge >= 0.3 is 0 Å². The number of nitrogens with zero attached hydrogens (tertiary/aromatic N) is 1. The molecule has 0 saturated carbocycles. The van der Waals surface area contributed by atoms with Gasteiger partial charge in [0, 0.05) is 28.0 Å². The van der Waals surface area contributed by atoms with Crippen LogP contribution in [0.2, 0.25) is 0 Å². The van der Waals surface area contributed by atoms with Crippen LogP contribution >= 0.6 is 27.3 Å². The van der Waals surface area contributed by atoms with Gasteiger partial charge in [-0.15, -0.1) is 11.3 Å². The molecule has 5 heteroatoms. The first kappa shape index (κ1) is 13.6. The van der Waals surface area contributed by atoms with Gasteiger partial charge in [-0.1, -0.05) is 29.8 Å². The van der Waals surface area contributed by atoms with E-state index in [9.17, 15) is 4.39 Å². The molecule has 0 aliphatic heterocycles. The van der Waals surface area contributed by atoms with Crippen LogP contribution < -0.4 is 5.32 Å². The first-order chi connectivity index (χ1) is 8.56. The quantitative estimate of drug-likeness (QED) is 0.909. The van der Waals surface area contributed by atoms with Crippen LogP contribution in [-0.4, -0.2) is 11.0 Å². The van der Waals surface area contributed by atoms with Gasteiger partial charge in [-0.2, -0.15) is 0 Å². The van der Waals surface area contributed by atoms with E-state index in [1.807, 2.05) is 5.38 Å². The summed E-state index contributed by atoms with van der Waals surface area (Å²) in [6.45, 7) is 4.92. The average Bonchev–Trinajstić information content (AvgIpc) is 2.78. The molecule has 0 amide bonds. The number of benzene rings is 1. The highest BCUT2D eigenvalue weighted by molar-refractivity contribution is 9.10. The van der Waals surface area contributed by atoms with E-state index in [1.54, 1.807) is 6.07 Å². The van der Waals surface area contributed by atoms with Crippen molar-refractivity contribution < 1.29 is 4.39 Å². The standard InChI is InChI=1S/C13H14BrFN2S/c1-8(2)16-6-10-7-18-13(17-10)11-5-9(15)3-4-12(11)14/h3-5,7-8,16H,6H2,1-2H3. The molecule has 2 rings (SSSR count). The zero-order valence-electron chi connectivity index (χ0n) is 10.2. The Hall–Kier alpha value is -0.780. The van der Waals surface area contributed by atoms with Crippen LogP contribution in [0, 0.1) is 5.82 Å². The second-order valence-corrected chi connectivity index (χ2v) is 6.02. The van der Waals surface area contributed by atoms with E-state index in [1.165, 1.54) is 23.5 Å². The molecule has 1 aromatic carbocycles. The molecule has 1 heterocycles. The molecule has 0 aliphatic carbocycles. The number of hydrogen-bond acceptors (Lipinski definition) is 3. The van der Waals surface area contributed by atoms with Crippen molar-refractivity contribution in [3.05, 3.63) is 39.6 Å². The second-order valence-electron chi connectivity index (χ2n) is 4.30. The number of rotatable bonds is 4. The van der Waals surface area contributed by atoms with Crippen molar-refractivity contribution in [2.75, 3.05) is 0 Å². The minimum absolute atomic E-state index is 0.245. The molecule has 1 aromatic heterocycles. The van der Waals surface area contributed by atoms with Crippen molar-refractivity contribution in [1.82, 2.24) is 10.3 Å². The SMILES string of the molecule is CC(C)NCc1csc(-c2cc(F)ccc2Br)n1. The Morgan fingerprint density at radius 3 is 2.94 bits per heavy atom.